The molecule has 0 heteroatoms. The van der Waals surface area contributed by atoms with Crippen LogP contribution in [0.3, 0.4) is 0 Å². The third-order valence-electron chi connectivity index (χ3n) is 4.74. The van der Waals surface area contributed by atoms with Crippen LogP contribution in [0.1, 0.15) is 19.3 Å². The number of rotatable bonds is 1. The van der Waals surface area contributed by atoms with Crippen LogP contribution >= 0.6 is 0 Å². The first-order valence-electron chi connectivity index (χ1n) is 8.13. The Hall–Kier alpha value is -2.34. The second kappa shape index (κ2) is 5.81. The van der Waals surface area contributed by atoms with Crippen molar-refractivity contribution in [3.63, 3.8) is 0 Å². The standard InChI is InChI=1S/C22H20/c1-2-9-18-10-6-7-13-22(21(18)12-3-1)20-15-14-17-8-4-5-11-19(17)16-20/h1-4,6-10,12-15,20H,5,11,16H2. The van der Waals surface area contributed by atoms with E-state index in [1.54, 1.807) is 5.57 Å². The Bertz CT molecular complexity index is 752. The monoisotopic (exact) mass is 284 g/mol. The number of hydrogen-bond acceptors (Lipinski definition) is 0. The van der Waals surface area contributed by atoms with Crippen LogP contribution in [0, 0.1) is 5.92 Å². The third-order valence-corrected chi connectivity index (χ3v) is 4.74. The van der Waals surface area contributed by atoms with E-state index in [4.69, 9.17) is 0 Å². The van der Waals surface area contributed by atoms with Crippen molar-refractivity contribution in [1.82, 2.24) is 0 Å². The lowest BCUT2D eigenvalue weighted by Crippen LogP contribution is -2.10. The minimum absolute atomic E-state index is 0.488. The first kappa shape index (κ1) is 13.3. The predicted molar refractivity (Wildman–Crippen MR) is 94.3 cm³/mol. The van der Waals surface area contributed by atoms with Gasteiger partial charge in [-0.25, -0.2) is 0 Å². The average Bonchev–Trinajstić information content (AvgIpc) is 2.90. The molecule has 0 amide bonds. The third kappa shape index (κ3) is 2.46. The highest BCUT2D eigenvalue weighted by molar-refractivity contribution is 5.59. The molecule has 0 aromatic heterocycles. The normalized spacial score (nSPS) is 25.8. The van der Waals surface area contributed by atoms with Gasteiger partial charge < -0.3 is 0 Å². The highest BCUT2D eigenvalue weighted by Gasteiger charge is 2.21. The average molecular weight is 284 g/mol. The first-order chi connectivity index (χ1) is 10.9. The van der Waals surface area contributed by atoms with E-state index in [1.165, 1.54) is 35.1 Å². The van der Waals surface area contributed by atoms with Gasteiger partial charge in [0, 0.05) is 5.92 Å². The molecule has 0 fully saturated rings. The summed E-state index contributed by atoms with van der Waals surface area (Å²) in [6.45, 7) is 0. The molecular formula is C22H20. The summed E-state index contributed by atoms with van der Waals surface area (Å²) in [7, 11) is 0. The zero-order valence-electron chi connectivity index (χ0n) is 12.7. The topological polar surface area (TPSA) is 0 Å². The van der Waals surface area contributed by atoms with Gasteiger partial charge in [0.2, 0.25) is 0 Å². The van der Waals surface area contributed by atoms with Gasteiger partial charge in [-0.05, 0) is 41.6 Å². The number of allylic oxidation sites excluding steroid dienone is 18. The van der Waals surface area contributed by atoms with Gasteiger partial charge in [0.05, 0.1) is 0 Å². The smallest absolute Gasteiger partial charge is 0.00649 e. The Morgan fingerprint density at radius 2 is 1.73 bits per heavy atom. The van der Waals surface area contributed by atoms with Crippen LogP contribution in [0.4, 0.5) is 0 Å². The maximum atomic E-state index is 2.39. The van der Waals surface area contributed by atoms with Crippen molar-refractivity contribution in [2.45, 2.75) is 19.3 Å². The van der Waals surface area contributed by atoms with E-state index in [1.807, 2.05) is 0 Å². The van der Waals surface area contributed by atoms with Gasteiger partial charge in [-0.1, -0.05) is 84.6 Å². The quantitative estimate of drug-likeness (QED) is 0.580. The maximum absolute atomic E-state index is 2.39. The molecule has 0 aliphatic heterocycles. The highest BCUT2D eigenvalue weighted by Crippen LogP contribution is 2.37. The number of hydrogen-bond donors (Lipinski definition) is 0. The first-order valence-corrected chi connectivity index (χ1v) is 8.13. The lowest BCUT2D eigenvalue weighted by atomic mass is 9.79. The van der Waals surface area contributed by atoms with E-state index in [-0.39, 0.29) is 0 Å². The summed E-state index contributed by atoms with van der Waals surface area (Å²) in [6, 6.07) is 0. The molecule has 0 aromatic rings. The van der Waals surface area contributed by atoms with Crippen molar-refractivity contribution in [2.75, 3.05) is 0 Å². The van der Waals surface area contributed by atoms with Crippen molar-refractivity contribution in [1.29, 1.82) is 0 Å². The molecule has 0 bridgehead atoms. The highest BCUT2D eigenvalue weighted by atomic mass is 14.3. The predicted octanol–water partition coefficient (Wildman–Crippen LogP) is 5.68. The summed E-state index contributed by atoms with van der Waals surface area (Å²) in [6.07, 6.45) is 32.5. The Labute approximate surface area is 132 Å². The Morgan fingerprint density at radius 1 is 0.818 bits per heavy atom. The molecule has 22 heavy (non-hydrogen) atoms. The van der Waals surface area contributed by atoms with Crippen molar-refractivity contribution < 1.29 is 0 Å². The molecular weight excluding hydrogens is 264 g/mol. The molecule has 0 heterocycles. The van der Waals surface area contributed by atoms with E-state index in [9.17, 15) is 0 Å². The van der Waals surface area contributed by atoms with Gasteiger partial charge in [-0.2, -0.15) is 0 Å². The van der Waals surface area contributed by atoms with Crippen molar-refractivity contribution in [3.8, 4) is 0 Å². The van der Waals surface area contributed by atoms with Crippen LogP contribution in [-0.4, -0.2) is 0 Å². The van der Waals surface area contributed by atoms with Gasteiger partial charge in [0.25, 0.3) is 0 Å². The molecule has 1 atom stereocenters. The molecule has 4 aliphatic rings. The zero-order chi connectivity index (χ0) is 14.8. The SMILES string of the molecule is C1=CC=C2C=CC=CC(C3C=CC4=C(CCC=C4)C3)=C2C=C1. The lowest BCUT2D eigenvalue weighted by Gasteiger charge is -2.25. The van der Waals surface area contributed by atoms with Crippen LogP contribution in [0.5, 0.6) is 0 Å². The molecule has 1 unspecified atom stereocenters. The van der Waals surface area contributed by atoms with Crippen LogP contribution in [0.2, 0.25) is 0 Å². The second-order valence-corrected chi connectivity index (χ2v) is 6.12. The molecule has 108 valence electrons. The van der Waals surface area contributed by atoms with Crippen LogP contribution in [-0.2, 0) is 0 Å². The fourth-order valence-corrected chi connectivity index (χ4v) is 3.59. The fourth-order valence-electron chi connectivity index (χ4n) is 3.59. The molecule has 0 radical (unpaired) electrons. The second-order valence-electron chi connectivity index (χ2n) is 6.12. The Balaban J connectivity index is 1.74. The fraction of sp³-hybridized carbons (Fsp3) is 0.182. The largest absolute Gasteiger partial charge is 0.0836 e. The van der Waals surface area contributed by atoms with Crippen LogP contribution < -0.4 is 0 Å². The molecule has 0 spiro atoms. The van der Waals surface area contributed by atoms with Crippen molar-refractivity contribution in [3.05, 3.63) is 107 Å². The summed E-state index contributed by atoms with van der Waals surface area (Å²) in [5.74, 6) is 0.488. The molecule has 0 N–H and O–H groups in total. The molecule has 0 aromatic carbocycles. The lowest BCUT2D eigenvalue weighted by molar-refractivity contribution is 0.704. The van der Waals surface area contributed by atoms with Gasteiger partial charge >= 0.3 is 0 Å². The molecule has 0 saturated heterocycles. The van der Waals surface area contributed by atoms with Crippen molar-refractivity contribution >= 4 is 0 Å². The van der Waals surface area contributed by atoms with E-state index >= 15 is 0 Å². The minimum Gasteiger partial charge on any atom is -0.0836 e. The summed E-state index contributed by atoms with van der Waals surface area (Å²) in [5, 5.41) is 0. The Morgan fingerprint density at radius 3 is 2.73 bits per heavy atom. The van der Waals surface area contributed by atoms with Crippen LogP contribution in [0.25, 0.3) is 0 Å². The maximum Gasteiger partial charge on any atom is 0.00649 e. The number of fused-ring (bicyclic) bond motifs is 1. The van der Waals surface area contributed by atoms with Crippen molar-refractivity contribution in [2.24, 2.45) is 5.92 Å². The van der Waals surface area contributed by atoms with E-state index in [0.717, 1.165) is 6.42 Å². The summed E-state index contributed by atoms with van der Waals surface area (Å²) < 4.78 is 0. The van der Waals surface area contributed by atoms with Crippen LogP contribution in [0.15, 0.2) is 107 Å². The molecule has 0 saturated carbocycles. The summed E-state index contributed by atoms with van der Waals surface area (Å²) in [4.78, 5) is 0. The van der Waals surface area contributed by atoms with Gasteiger partial charge in [0.15, 0.2) is 0 Å². The Kier molecular flexibility index (Phi) is 3.52. The van der Waals surface area contributed by atoms with E-state index in [2.05, 4.69) is 79.0 Å². The minimum atomic E-state index is 0.488. The van der Waals surface area contributed by atoms with Gasteiger partial charge in [0.1, 0.15) is 0 Å². The van der Waals surface area contributed by atoms with E-state index in [0.29, 0.717) is 5.92 Å². The zero-order valence-corrected chi connectivity index (χ0v) is 12.7. The summed E-state index contributed by atoms with van der Waals surface area (Å²) in [5.41, 5.74) is 7.17. The molecule has 4 rings (SSSR count). The summed E-state index contributed by atoms with van der Waals surface area (Å²) >= 11 is 0. The molecule has 0 nitrogen and oxygen atoms in total. The van der Waals surface area contributed by atoms with E-state index < -0.39 is 0 Å². The molecule has 4 aliphatic carbocycles. The van der Waals surface area contributed by atoms with Gasteiger partial charge in [-0.3, -0.25) is 0 Å². The van der Waals surface area contributed by atoms with Gasteiger partial charge in [-0.15, -0.1) is 0 Å².